The Kier molecular flexibility index (Phi) is 5.25. The fourth-order valence-electron chi connectivity index (χ4n) is 1.31. The number of ether oxygens (including phenoxy) is 1. The van der Waals surface area contributed by atoms with Gasteiger partial charge in [-0.15, -0.1) is 12.4 Å². The highest BCUT2D eigenvalue weighted by Gasteiger charge is 2.31. The van der Waals surface area contributed by atoms with Gasteiger partial charge < -0.3 is 10.5 Å². The normalized spacial score (nSPS) is 17.8. The number of hydrogen-bond acceptors (Lipinski definition) is 3. The maximum Gasteiger partial charge on any atom is 0.305 e. The Labute approximate surface area is 79.1 Å². The highest BCUT2D eigenvalue weighted by molar-refractivity contribution is 5.85. The van der Waals surface area contributed by atoms with Crippen LogP contribution in [0.4, 0.5) is 0 Å². The third kappa shape index (κ3) is 3.41. The fraction of sp³-hybridized carbons (Fsp3) is 0.875. The van der Waals surface area contributed by atoms with Crippen LogP contribution in [0.15, 0.2) is 0 Å². The Hall–Kier alpha value is -0.280. The molecule has 0 spiro atoms. The number of hydrogen-bond donors (Lipinski definition) is 1. The zero-order valence-electron chi connectivity index (χ0n) is 7.29. The maximum absolute atomic E-state index is 10.8. The van der Waals surface area contributed by atoms with Crippen molar-refractivity contribution < 1.29 is 9.53 Å². The molecule has 4 heteroatoms. The number of methoxy groups -OCH3 is 1. The van der Waals surface area contributed by atoms with E-state index in [4.69, 9.17) is 5.73 Å². The van der Waals surface area contributed by atoms with Crippen LogP contribution in [0.5, 0.6) is 0 Å². The average molecular weight is 194 g/mol. The van der Waals surface area contributed by atoms with Gasteiger partial charge in [-0.25, -0.2) is 0 Å². The molecule has 0 aromatic heterocycles. The first-order valence-corrected chi connectivity index (χ1v) is 4.04. The van der Waals surface area contributed by atoms with Crippen LogP contribution in [0, 0.1) is 11.8 Å². The van der Waals surface area contributed by atoms with Crippen molar-refractivity contribution in [3.05, 3.63) is 0 Å². The van der Waals surface area contributed by atoms with Gasteiger partial charge in [-0.2, -0.15) is 0 Å². The second kappa shape index (κ2) is 5.38. The van der Waals surface area contributed by atoms with Crippen molar-refractivity contribution in [3.8, 4) is 0 Å². The van der Waals surface area contributed by atoms with E-state index in [0.29, 0.717) is 24.8 Å². The lowest BCUT2D eigenvalue weighted by molar-refractivity contribution is -0.141. The van der Waals surface area contributed by atoms with Crippen LogP contribution in [0.2, 0.25) is 0 Å². The van der Waals surface area contributed by atoms with Gasteiger partial charge in [0.2, 0.25) is 0 Å². The lowest BCUT2D eigenvalue weighted by Gasteiger charge is -2.10. The molecule has 1 aliphatic carbocycles. The smallest absolute Gasteiger partial charge is 0.305 e. The standard InChI is InChI=1S/C8H15NO2.ClH/c1-11-8(10)4-7(5-9)6-2-3-6;/h6-7H,2-5,9H2,1H3;1H. The summed E-state index contributed by atoms with van der Waals surface area (Å²) in [5, 5.41) is 0. The summed E-state index contributed by atoms with van der Waals surface area (Å²) < 4.78 is 4.57. The fourth-order valence-corrected chi connectivity index (χ4v) is 1.31. The monoisotopic (exact) mass is 193 g/mol. The predicted octanol–water partition coefficient (Wildman–Crippen LogP) is 0.956. The lowest BCUT2D eigenvalue weighted by Crippen LogP contribution is -2.20. The molecule has 0 bridgehead atoms. The summed E-state index contributed by atoms with van der Waals surface area (Å²) in [7, 11) is 1.42. The topological polar surface area (TPSA) is 52.3 Å². The lowest BCUT2D eigenvalue weighted by atomic mass is 10.0. The molecule has 1 fully saturated rings. The Bertz CT molecular complexity index is 148. The molecule has 0 radical (unpaired) electrons. The van der Waals surface area contributed by atoms with E-state index in [1.54, 1.807) is 0 Å². The second-order valence-electron chi connectivity index (χ2n) is 3.11. The zero-order valence-corrected chi connectivity index (χ0v) is 8.10. The molecule has 72 valence electrons. The summed E-state index contributed by atoms with van der Waals surface area (Å²) in [4.78, 5) is 10.8. The summed E-state index contributed by atoms with van der Waals surface area (Å²) in [6, 6.07) is 0. The minimum absolute atomic E-state index is 0. The van der Waals surface area contributed by atoms with E-state index in [2.05, 4.69) is 4.74 Å². The third-order valence-corrected chi connectivity index (χ3v) is 2.25. The van der Waals surface area contributed by atoms with Crippen LogP contribution in [0.1, 0.15) is 19.3 Å². The minimum atomic E-state index is -0.132. The molecular formula is C8H16ClNO2. The average Bonchev–Trinajstić information content (AvgIpc) is 2.82. The van der Waals surface area contributed by atoms with Crippen LogP contribution in [0.3, 0.4) is 0 Å². The van der Waals surface area contributed by atoms with Crippen molar-refractivity contribution in [2.75, 3.05) is 13.7 Å². The molecule has 12 heavy (non-hydrogen) atoms. The molecule has 3 nitrogen and oxygen atoms in total. The van der Waals surface area contributed by atoms with Crippen molar-refractivity contribution in [2.45, 2.75) is 19.3 Å². The molecular weight excluding hydrogens is 178 g/mol. The van der Waals surface area contributed by atoms with E-state index < -0.39 is 0 Å². The molecule has 0 heterocycles. The third-order valence-electron chi connectivity index (χ3n) is 2.25. The van der Waals surface area contributed by atoms with Gasteiger partial charge in [0.1, 0.15) is 0 Å². The number of rotatable bonds is 4. The van der Waals surface area contributed by atoms with E-state index >= 15 is 0 Å². The summed E-state index contributed by atoms with van der Waals surface area (Å²) in [6.07, 6.45) is 2.97. The van der Waals surface area contributed by atoms with Crippen molar-refractivity contribution >= 4 is 18.4 Å². The van der Waals surface area contributed by atoms with Crippen LogP contribution in [0.25, 0.3) is 0 Å². The number of halogens is 1. The number of nitrogens with two attached hydrogens (primary N) is 1. The molecule has 0 aromatic carbocycles. The van der Waals surface area contributed by atoms with Crippen LogP contribution >= 0.6 is 12.4 Å². The molecule has 2 N–H and O–H groups in total. The molecule has 1 rings (SSSR count). The molecule has 0 aliphatic heterocycles. The summed E-state index contributed by atoms with van der Waals surface area (Å²) in [5.74, 6) is 0.925. The van der Waals surface area contributed by atoms with E-state index in [0.717, 1.165) is 0 Å². The van der Waals surface area contributed by atoms with Crippen LogP contribution < -0.4 is 5.73 Å². The first kappa shape index (κ1) is 11.7. The van der Waals surface area contributed by atoms with Crippen molar-refractivity contribution in [1.82, 2.24) is 0 Å². The van der Waals surface area contributed by atoms with Crippen LogP contribution in [-0.4, -0.2) is 19.6 Å². The minimum Gasteiger partial charge on any atom is -0.469 e. The molecule has 1 saturated carbocycles. The first-order chi connectivity index (χ1) is 5.27. The molecule has 0 aromatic rings. The van der Waals surface area contributed by atoms with Gasteiger partial charge in [-0.1, -0.05) is 0 Å². The first-order valence-electron chi connectivity index (χ1n) is 4.04. The Morgan fingerprint density at radius 2 is 2.25 bits per heavy atom. The number of carbonyl (C=O) groups is 1. The maximum atomic E-state index is 10.8. The molecule has 0 amide bonds. The zero-order chi connectivity index (χ0) is 8.27. The van der Waals surface area contributed by atoms with E-state index in [-0.39, 0.29) is 18.4 Å². The number of esters is 1. The van der Waals surface area contributed by atoms with E-state index in [1.807, 2.05) is 0 Å². The van der Waals surface area contributed by atoms with Crippen molar-refractivity contribution in [2.24, 2.45) is 17.6 Å². The van der Waals surface area contributed by atoms with Crippen molar-refractivity contribution in [1.29, 1.82) is 0 Å². The Balaban J connectivity index is 0.00000121. The molecule has 1 aliphatic rings. The van der Waals surface area contributed by atoms with Gasteiger partial charge in [0, 0.05) is 6.42 Å². The Morgan fingerprint density at radius 1 is 1.67 bits per heavy atom. The highest BCUT2D eigenvalue weighted by Crippen LogP contribution is 2.37. The summed E-state index contributed by atoms with van der Waals surface area (Å²) in [5.41, 5.74) is 5.51. The second-order valence-corrected chi connectivity index (χ2v) is 3.11. The van der Waals surface area contributed by atoms with Crippen molar-refractivity contribution in [3.63, 3.8) is 0 Å². The quantitative estimate of drug-likeness (QED) is 0.677. The van der Waals surface area contributed by atoms with Gasteiger partial charge >= 0.3 is 5.97 Å². The van der Waals surface area contributed by atoms with E-state index in [9.17, 15) is 4.79 Å². The SMILES string of the molecule is COC(=O)CC(CN)C1CC1.Cl. The summed E-state index contributed by atoms with van der Waals surface area (Å²) >= 11 is 0. The molecule has 1 atom stereocenters. The van der Waals surface area contributed by atoms with Gasteiger partial charge in [0.25, 0.3) is 0 Å². The Morgan fingerprint density at radius 3 is 2.58 bits per heavy atom. The molecule has 0 saturated heterocycles. The predicted molar refractivity (Wildman–Crippen MR) is 49.1 cm³/mol. The summed E-state index contributed by atoms with van der Waals surface area (Å²) in [6.45, 7) is 0.611. The highest BCUT2D eigenvalue weighted by atomic mass is 35.5. The van der Waals surface area contributed by atoms with Crippen LogP contribution in [-0.2, 0) is 9.53 Å². The van der Waals surface area contributed by atoms with Gasteiger partial charge in [-0.3, -0.25) is 4.79 Å². The number of carbonyl (C=O) groups excluding carboxylic acids is 1. The van der Waals surface area contributed by atoms with Gasteiger partial charge in [0.05, 0.1) is 7.11 Å². The van der Waals surface area contributed by atoms with Gasteiger partial charge in [0.15, 0.2) is 0 Å². The van der Waals surface area contributed by atoms with E-state index in [1.165, 1.54) is 20.0 Å². The molecule has 1 unspecified atom stereocenters. The largest absolute Gasteiger partial charge is 0.469 e. The van der Waals surface area contributed by atoms with Gasteiger partial charge in [-0.05, 0) is 31.2 Å².